The Morgan fingerprint density at radius 3 is 2.33 bits per heavy atom. The second-order valence-electron chi connectivity index (χ2n) is 8.85. The Balaban J connectivity index is 1.90. The number of hydrogen-bond donors (Lipinski definition) is 0. The lowest BCUT2D eigenvalue weighted by Crippen LogP contribution is -2.54. The summed E-state index contributed by atoms with van der Waals surface area (Å²) in [4.78, 5) is 5.49. The highest BCUT2D eigenvalue weighted by atomic mass is 15.2. The van der Waals surface area contributed by atoms with E-state index >= 15 is 0 Å². The predicted octanol–water partition coefficient (Wildman–Crippen LogP) is 4.25. The quantitative estimate of drug-likeness (QED) is 0.764. The molecule has 0 bridgehead atoms. The Kier molecular flexibility index (Phi) is 5.76. The number of piperidine rings is 2. The molecule has 0 aromatic carbocycles. The minimum Gasteiger partial charge on any atom is -0.301 e. The molecule has 0 unspecified atom stereocenters. The lowest BCUT2D eigenvalue weighted by atomic mass is 9.76. The van der Waals surface area contributed by atoms with Gasteiger partial charge in [-0.15, -0.1) is 0 Å². The summed E-state index contributed by atoms with van der Waals surface area (Å²) in [7, 11) is 0. The van der Waals surface area contributed by atoms with Crippen LogP contribution in [0.3, 0.4) is 0 Å². The Labute approximate surface area is 133 Å². The molecule has 2 heterocycles. The van der Waals surface area contributed by atoms with E-state index in [1.807, 2.05) is 0 Å². The van der Waals surface area contributed by atoms with Crippen molar-refractivity contribution < 1.29 is 0 Å². The molecule has 2 saturated heterocycles. The fourth-order valence-corrected chi connectivity index (χ4v) is 4.43. The molecule has 0 saturated carbocycles. The van der Waals surface area contributed by atoms with E-state index in [9.17, 15) is 0 Å². The zero-order valence-corrected chi connectivity index (χ0v) is 15.4. The van der Waals surface area contributed by atoms with Crippen molar-refractivity contribution in [3.8, 4) is 0 Å². The van der Waals surface area contributed by atoms with E-state index in [2.05, 4.69) is 51.3 Å². The van der Waals surface area contributed by atoms with Crippen molar-refractivity contribution in [2.45, 2.75) is 78.8 Å². The van der Waals surface area contributed by atoms with Crippen molar-refractivity contribution in [2.75, 3.05) is 26.2 Å². The molecular weight excluding hydrogens is 256 g/mol. The maximum atomic E-state index is 2.81. The van der Waals surface area contributed by atoms with Gasteiger partial charge in [0.2, 0.25) is 0 Å². The molecule has 124 valence electrons. The second kappa shape index (κ2) is 7.00. The molecule has 0 spiro atoms. The molecule has 0 amide bonds. The standard InChI is InChI=1S/C19H38N2/c1-15(2)18-9-11-21(19(5,6)12-18)14-17-8-7-10-20(13-17)16(3)4/h15-18H,7-14H2,1-6H3/t17-,18-/m0/s1. The summed E-state index contributed by atoms with van der Waals surface area (Å²) in [5, 5.41) is 0. The van der Waals surface area contributed by atoms with Crippen molar-refractivity contribution in [3.05, 3.63) is 0 Å². The topological polar surface area (TPSA) is 6.48 Å². The molecule has 2 nitrogen and oxygen atoms in total. The maximum absolute atomic E-state index is 2.81. The third kappa shape index (κ3) is 4.45. The van der Waals surface area contributed by atoms with Gasteiger partial charge in [0.05, 0.1) is 0 Å². The van der Waals surface area contributed by atoms with Crippen LogP contribution >= 0.6 is 0 Å². The average molecular weight is 295 g/mol. The Morgan fingerprint density at radius 2 is 1.76 bits per heavy atom. The molecule has 2 aliphatic heterocycles. The van der Waals surface area contributed by atoms with Crippen LogP contribution in [0, 0.1) is 17.8 Å². The van der Waals surface area contributed by atoms with E-state index < -0.39 is 0 Å². The molecule has 0 N–H and O–H groups in total. The van der Waals surface area contributed by atoms with Crippen molar-refractivity contribution in [2.24, 2.45) is 17.8 Å². The Morgan fingerprint density at radius 1 is 1.05 bits per heavy atom. The minimum absolute atomic E-state index is 0.396. The number of hydrogen-bond acceptors (Lipinski definition) is 2. The normalized spacial score (nSPS) is 32.0. The van der Waals surface area contributed by atoms with Gasteiger partial charge in [-0.2, -0.15) is 0 Å². The molecule has 2 fully saturated rings. The first-order valence-electron chi connectivity index (χ1n) is 9.28. The average Bonchev–Trinajstić information content (AvgIpc) is 2.41. The molecule has 21 heavy (non-hydrogen) atoms. The summed E-state index contributed by atoms with van der Waals surface area (Å²) in [5.74, 6) is 2.66. The summed E-state index contributed by atoms with van der Waals surface area (Å²) in [6, 6.07) is 0.715. The van der Waals surface area contributed by atoms with Gasteiger partial charge in [0.1, 0.15) is 0 Å². The highest BCUT2D eigenvalue weighted by Crippen LogP contribution is 2.36. The van der Waals surface area contributed by atoms with Crippen molar-refractivity contribution in [1.82, 2.24) is 9.80 Å². The first kappa shape index (κ1) is 17.3. The van der Waals surface area contributed by atoms with Gasteiger partial charge in [0.15, 0.2) is 0 Å². The molecule has 2 aliphatic rings. The summed E-state index contributed by atoms with van der Waals surface area (Å²) < 4.78 is 0. The van der Waals surface area contributed by atoms with E-state index in [1.165, 1.54) is 51.9 Å². The fourth-order valence-electron chi connectivity index (χ4n) is 4.43. The largest absolute Gasteiger partial charge is 0.301 e. The summed E-state index contributed by atoms with van der Waals surface area (Å²) in [6.07, 6.45) is 5.61. The molecule has 2 atom stereocenters. The highest BCUT2D eigenvalue weighted by Gasteiger charge is 2.37. The summed E-state index contributed by atoms with van der Waals surface area (Å²) in [5.41, 5.74) is 0.396. The third-order valence-electron chi connectivity index (χ3n) is 6.09. The molecule has 0 aromatic rings. The summed E-state index contributed by atoms with van der Waals surface area (Å²) >= 11 is 0. The van der Waals surface area contributed by atoms with Crippen molar-refractivity contribution >= 4 is 0 Å². The smallest absolute Gasteiger partial charge is 0.0156 e. The number of rotatable bonds is 4. The van der Waals surface area contributed by atoms with Gasteiger partial charge in [0.25, 0.3) is 0 Å². The van der Waals surface area contributed by atoms with Gasteiger partial charge in [-0.25, -0.2) is 0 Å². The first-order chi connectivity index (χ1) is 9.79. The van der Waals surface area contributed by atoms with Gasteiger partial charge in [-0.3, -0.25) is 4.90 Å². The summed E-state index contributed by atoms with van der Waals surface area (Å²) in [6.45, 7) is 19.7. The van der Waals surface area contributed by atoms with E-state index in [0.29, 0.717) is 11.6 Å². The van der Waals surface area contributed by atoms with Crippen LogP contribution in [0.5, 0.6) is 0 Å². The lowest BCUT2D eigenvalue weighted by Gasteiger charge is -2.49. The van der Waals surface area contributed by atoms with Gasteiger partial charge < -0.3 is 4.90 Å². The number of nitrogens with zero attached hydrogens (tertiary/aromatic N) is 2. The molecular formula is C19H38N2. The molecule has 0 radical (unpaired) electrons. The Bertz CT molecular complexity index is 322. The number of likely N-dealkylation sites (tertiary alicyclic amines) is 2. The molecule has 2 rings (SSSR count). The molecule has 0 aliphatic carbocycles. The molecule has 2 heteroatoms. The third-order valence-corrected chi connectivity index (χ3v) is 6.09. The van der Waals surface area contributed by atoms with Gasteiger partial charge in [-0.1, -0.05) is 13.8 Å². The SMILES string of the molecule is CC(C)[C@H]1CCN(C[C@H]2CCCN(C(C)C)C2)C(C)(C)C1. The van der Waals surface area contributed by atoms with Crippen LogP contribution in [0.2, 0.25) is 0 Å². The lowest BCUT2D eigenvalue weighted by molar-refractivity contribution is 0.00708. The fraction of sp³-hybridized carbons (Fsp3) is 1.00. The van der Waals surface area contributed by atoms with E-state index in [-0.39, 0.29) is 0 Å². The second-order valence-corrected chi connectivity index (χ2v) is 8.85. The monoisotopic (exact) mass is 294 g/mol. The zero-order valence-electron chi connectivity index (χ0n) is 15.4. The highest BCUT2D eigenvalue weighted by molar-refractivity contribution is 4.92. The minimum atomic E-state index is 0.396. The zero-order chi connectivity index (χ0) is 15.6. The van der Waals surface area contributed by atoms with Crippen LogP contribution in [-0.2, 0) is 0 Å². The predicted molar refractivity (Wildman–Crippen MR) is 92.6 cm³/mol. The van der Waals surface area contributed by atoms with Crippen LogP contribution in [-0.4, -0.2) is 47.6 Å². The van der Waals surface area contributed by atoms with Crippen molar-refractivity contribution in [3.63, 3.8) is 0 Å². The van der Waals surface area contributed by atoms with Gasteiger partial charge in [0, 0.05) is 24.7 Å². The van der Waals surface area contributed by atoms with Crippen LogP contribution < -0.4 is 0 Å². The Hall–Kier alpha value is -0.0800. The van der Waals surface area contributed by atoms with Crippen LogP contribution in [0.4, 0.5) is 0 Å². The van der Waals surface area contributed by atoms with Crippen LogP contribution in [0.1, 0.15) is 67.2 Å². The van der Waals surface area contributed by atoms with Crippen LogP contribution in [0.25, 0.3) is 0 Å². The van der Waals surface area contributed by atoms with E-state index in [1.54, 1.807) is 0 Å². The van der Waals surface area contributed by atoms with Gasteiger partial charge in [-0.05, 0) is 84.2 Å². The van der Waals surface area contributed by atoms with Crippen molar-refractivity contribution in [1.29, 1.82) is 0 Å². The first-order valence-corrected chi connectivity index (χ1v) is 9.28. The maximum Gasteiger partial charge on any atom is 0.0156 e. The van der Waals surface area contributed by atoms with E-state index in [0.717, 1.165) is 17.8 Å². The van der Waals surface area contributed by atoms with Crippen LogP contribution in [0.15, 0.2) is 0 Å². The molecule has 0 aromatic heterocycles. The van der Waals surface area contributed by atoms with E-state index in [4.69, 9.17) is 0 Å². The van der Waals surface area contributed by atoms with Gasteiger partial charge >= 0.3 is 0 Å².